The number of thiocarbonyl (C=S) groups is 1. The maximum absolute atomic E-state index is 15.3. The lowest BCUT2D eigenvalue weighted by molar-refractivity contribution is -0.147. The average molecular weight is 1050 g/mol. The lowest BCUT2D eigenvalue weighted by Gasteiger charge is -2.35. The minimum atomic E-state index is -4.85. The number of carbonyl (C=O) groups is 4. The number of β-amino-alcohol motifs (C(OH)–C–C–N with tert-alkyl or cyclic N) is 1. The first kappa shape index (κ1) is 56.4. The Hall–Kier alpha value is -5.85. The largest absolute Gasteiger partial charge is 0.491 e. The zero-order valence-corrected chi connectivity index (χ0v) is 43.6. The molecule has 0 bridgehead atoms. The van der Waals surface area contributed by atoms with E-state index in [0.717, 1.165) is 45.2 Å². The minimum absolute atomic E-state index is 0.00957. The van der Waals surface area contributed by atoms with Gasteiger partial charge in [0.05, 0.1) is 57.7 Å². The Balaban J connectivity index is 0.871. The molecule has 20 heteroatoms. The van der Waals surface area contributed by atoms with Crippen LogP contribution in [0.5, 0.6) is 5.75 Å². The third-order valence-electron chi connectivity index (χ3n) is 13.0. The molecule has 3 heterocycles. The Bertz CT molecular complexity index is 2680. The summed E-state index contributed by atoms with van der Waals surface area (Å²) in [6.45, 7) is 13.6. The van der Waals surface area contributed by atoms with Gasteiger partial charge in [0.15, 0.2) is 22.5 Å². The van der Waals surface area contributed by atoms with Crippen LogP contribution < -0.4 is 19.9 Å². The van der Waals surface area contributed by atoms with Gasteiger partial charge in [0.1, 0.15) is 18.2 Å². The highest BCUT2D eigenvalue weighted by atomic mass is 32.1. The number of aryl methyl sites for hydroxylation is 1. The first-order valence-corrected chi connectivity index (χ1v) is 25.4. The van der Waals surface area contributed by atoms with Crippen molar-refractivity contribution in [2.24, 2.45) is 11.3 Å². The van der Waals surface area contributed by atoms with E-state index in [0.29, 0.717) is 38.5 Å². The van der Waals surface area contributed by atoms with Crippen LogP contribution in [-0.4, -0.2) is 101 Å². The predicted octanol–water partition coefficient (Wildman–Crippen LogP) is 9.50. The molecule has 1 aromatic heterocycles. The first-order chi connectivity index (χ1) is 34.4. The second-order valence-electron chi connectivity index (χ2n) is 19.9. The molecular formula is C53H62F4N6O8S2. The van der Waals surface area contributed by atoms with Crippen molar-refractivity contribution in [2.45, 2.75) is 117 Å². The van der Waals surface area contributed by atoms with E-state index in [4.69, 9.17) is 26.4 Å². The van der Waals surface area contributed by atoms with Gasteiger partial charge in [-0.3, -0.25) is 24.1 Å². The van der Waals surface area contributed by atoms with Crippen LogP contribution in [0.1, 0.15) is 108 Å². The van der Waals surface area contributed by atoms with E-state index in [-0.39, 0.29) is 85.1 Å². The second-order valence-corrected chi connectivity index (χ2v) is 21.1. The van der Waals surface area contributed by atoms with Crippen molar-refractivity contribution in [2.75, 3.05) is 49.4 Å². The molecule has 2 aliphatic rings. The van der Waals surface area contributed by atoms with Gasteiger partial charge in [0, 0.05) is 56.9 Å². The number of aromatic nitrogens is 1. The summed E-state index contributed by atoms with van der Waals surface area (Å²) in [7, 11) is 0. The number of anilines is 2. The molecule has 392 valence electrons. The summed E-state index contributed by atoms with van der Waals surface area (Å²) in [5.41, 5.74) is 0.867. The molecule has 4 atom stereocenters. The van der Waals surface area contributed by atoms with Gasteiger partial charge in [-0.15, -0.1) is 11.3 Å². The van der Waals surface area contributed by atoms with Crippen LogP contribution in [0, 0.1) is 35.4 Å². The molecule has 2 fully saturated rings. The molecule has 2 aliphatic heterocycles. The molecule has 2 N–H and O–H groups in total. The standard InChI is InChI=1S/C53H62F4N6O8S2/c1-32(34-12-14-35(15-13-34)46-33(2)59-31-73-46)60-47(66)44-27-39(64)29-61(44)48(67)42(51(3,4)5)26-40(65)30-70-22-11-21-69-20-9-8-10-23-71-45-19-18-38(25-43(45)54)63-50(72)62(49(68)52(63,6)7)37-17-16-36(28-58)41(24-37)53(55,56)57/h12-19,24-25,31-32,39,42,44,64H,8-11,20-23,26-27,29-30H2,1-7H3,(H,60,66)/t32-,39+,42+,44-/m0/s1. The van der Waals surface area contributed by atoms with E-state index in [1.807, 2.05) is 58.9 Å². The van der Waals surface area contributed by atoms with Gasteiger partial charge >= 0.3 is 6.18 Å². The van der Waals surface area contributed by atoms with Crippen molar-refractivity contribution in [3.63, 3.8) is 0 Å². The number of hydrogen-bond acceptors (Lipinski definition) is 12. The molecule has 0 saturated carbocycles. The molecule has 3 amide bonds. The van der Waals surface area contributed by atoms with Crippen LogP contribution in [0.25, 0.3) is 10.4 Å². The second kappa shape index (κ2) is 24.0. The van der Waals surface area contributed by atoms with Crippen molar-refractivity contribution in [1.29, 1.82) is 5.26 Å². The van der Waals surface area contributed by atoms with E-state index in [1.165, 1.54) is 47.9 Å². The molecule has 4 aromatic rings. The Kier molecular flexibility index (Phi) is 18.6. The van der Waals surface area contributed by atoms with E-state index in [2.05, 4.69) is 10.3 Å². The summed E-state index contributed by atoms with van der Waals surface area (Å²) in [4.78, 5) is 63.5. The number of ketones is 1. The molecule has 14 nitrogen and oxygen atoms in total. The number of rotatable bonds is 22. The fraction of sp³-hybridized carbons (Fsp3) is 0.491. The normalized spacial score (nSPS) is 17.7. The number of hydrogen-bond donors (Lipinski definition) is 2. The monoisotopic (exact) mass is 1050 g/mol. The van der Waals surface area contributed by atoms with E-state index in [9.17, 15) is 42.7 Å². The van der Waals surface area contributed by atoms with Gasteiger partial charge in [-0.1, -0.05) is 45.0 Å². The number of nitrogens with one attached hydrogen (secondary N) is 1. The van der Waals surface area contributed by atoms with Crippen LogP contribution in [0.4, 0.5) is 28.9 Å². The number of thiazole rings is 1. The van der Waals surface area contributed by atoms with Gasteiger partial charge in [-0.05, 0) is 112 Å². The Labute approximate surface area is 432 Å². The van der Waals surface area contributed by atoms with E-state index >= 15 is 4.39 Å². The van der Waals surface area contributed by atoms with E-state index < -0.39 is 58.0 Å². The van der Waals surface area contributed by atoms with Gasteiger partial charge in [-0.2, -0.15) is 18.4 Å². The highest BCUT2D eigenvalue weighted by molar-refractivity contribution is 7.81. The topological polar surface area (TPSA) is 175 Å². The quantitative estimate of drug-likeness (QED) is 0.0434. The van der Waals surface area contributed by atoms with Crippen LogP contribution in [-0.2, 0) is 34.8 Å². The molecule has 6 rings (SSSR count). The van der Waals surface area contributed by atoms with Gasteiger partial charge < -0.3 is 34.4 Å². The number of alkyl halides is 3. The van der Waals surface area contributed by atoms with Gasteiger partial charge in [0.25, 0.3) is 5.91 Å². The number of benzene rings is 3. The SMILES string of the molecule is Cc1ncsc1-c1ccc([C@H](C)NC(=O)[C@@H]2C[C@@H](O)CN2C(=O)[C@@H](CC(=O)COCCCOCCCCCOc2ccc(N3C(=S)N(c4ccc(C#N)c(C(F)(F)F)c4)C(=O)C3(C)C)cc2F)C(C)(C)C)cc1. The molecule has 0 unspecified atom stereocenters. The Morgan fingerprint density at radius 2 is 1.64 bits per heavy atom. The van der Waals surface area contributed by atoms with Gasteiger partial charge in [0.2, 0.25) is 11.8 Å². The van der Waals surface area contributed by atoms with Crippen molar-refractivity contribution in [3.05, 3.63) is 94.4 Å². The summed E-state index contributed by atoms with van der Waals surface area (Å²) in [6, 6.07) is 15.1. The smallest absolute Gasteiger partial charge is 0.417 e. The zero-order chi connectivity index (χ0) is 53.4. The van der Waals surface area contributed by atoms with Crippen molar-refractivity contribution < 1.29 is 56.1 Å². The number of carbonyl (C=O) groups excluding carboxylic acids is 4. The number of nitrogens with zero attached hydrogens (tertiary/aromatic N) is 5. The number of Topliss-reactive ketones (excluding diaryl/α,β-unsaturated/α-hetero) is 1. The van der Waals surface area contributed by atoms with Crippen LogP contribution in [0.3, 0.4) is 0 Å². The molecule has 73 heavy (non-hydrogen) atoms. The molecule has 0 radical (unpaired) electrons. The summed E-state index contributed by atoms with van der Waals surface area (Å²) in [5, 5.41) is 22.7. The number of aliphatic hydroxyl groups excluding tert-OH is 1. The number of nitriles is 1. The van der Waals surface area contributed by atoms with Crippen molar-refractivity contribution in [3.8, 4) is 22.3 Å². The van der Waals surface area contributed by atoms with Crippen molar-refractivity contribution >= 4 is 63.5 Å². The Morgan fingerprint density at radius 1 is 0.973 bits per heavy atom. The molecule has 2 saturated heterocycles. The number of halogens is 4. The first-order valence-electron chi connectivity index (χ1n) is 24.1. The third kappa shape index (κ3) is 13.7. The fourth-order valence-corrected chi connectivity index (χ4v) is 10.2. The highest BCUT2D eigenvalue weighted by Crippen LogP contribution is 2.41. The number of aliphatic hydroxyl groups is 1. The maximum Gasteiger partial charge on any atom is 0.417 e. The van der Waals surface area contributed by atoms with Crippen LogP contribution in [0.2, 0.25) is 0 Å². The number of ether oxygens (including phenoxy) is 3. The maximum atomic E-state index is 15.3. The summed E-state index contributed by atoms with van der Waals surface area (Å²) >= 11 is 7.11. The molecular weight excluding hydrogens is 989 g/mol. The molecule has 0 spiro atoms. The average Bonchev–Trinajstić information content (AvgIpc) is 4.00. The fourth-order valence-electron chi connectivity index (χ4n) is 8.87. The molecule has 0 aliphatic carbocycles. The zero-order valence-electron chi connectivity index (χ0n) is 42.0. The van der Waals surface area contributed by atoms with Crippen LogP contribution in [0.15, 0.2) is 66.2 Å². The summed E-state index contributed by atoms with van der Waals surface area (Å²) < 4.78 is 73.5. The highest BCUT2D eigenvalue weighted by Gasteiger charge is 2.51. The van der Waals surface area contributed by atoms with Gasteiger partial charge in [-0.25, -0.2) is 9.37 Å². The predicted molar refractivity (Wildman–Crippen MR) is 272 cm³/mol. The number of amides is 3. The number of unbranched alkanes of at least 4 members (excludes halogenated alkanes) is 2. The van der Waals surface area contributed by atoms with E-state index in [1.54, 1.807) is 16.8 Å². The lowest BCUT2D eigenvalue weighted by Crippen LogP contribution is -2.50. The third-order valence-corrected chi connectivity index (χ3v) is 14.3. The molecule has 3 aromatic carbocycles. The Morgan fingerprint density at radius 3 is 2.29 bits per heavy atom. The number of likely N-dealkylation sites (tertiary alicyclic amines) is 1. The van der Waals surface area contributed by atoms with Crippen molar-refractivity contribution in [1.82, 2.24) is 15.2 Å². The lowest BCUT2D eigenvalue weighted by atomic mass is 9.77. The van der Waals surface area contributed by atoms with Crippen LogP contribution >= 0.6 is 23.6 Å². The summed E-state index contributed by atoms with van der Waals surface area (Å²) in [5.74, 6) is -3.13. The minimum Gasteiger partial charge on any atom is -0.491 e. The summed E-state index contributed by atoms with van der Waals surface area (Å²) in [6.07, 6.45) is -3.16.